The average Bonchev–Trinajstić information content (AvgIpc) is 3.16. The van der Waals surface area contributed by atoms with E-state index in [1.165, 1.54) is 5.56 Å². The SMILES string of the molecule is COCCNC(=O)Nc1cc(C2=NN(C)C3CC(c4ccc(C#N)cc4)CCN23)ccc1C. The molecule has 2 N–H and O–H groups in total. The zero-order valence-electron chi connectivity index (χ0n) is 19.3. The normalized spacial score (nSPS) is 19.5. The van der Waals surface area contributed by atoms with Crippen LogP contribution in [0, 0.1) is 18.3 Å². The van der Waals surface area contributed by atoms with Crippen LogP contribution >= 0.6 is 0 Å². The summed E-state index contributed by atoms with van der Waals surface area (Å²) < 4.78 is 4.98. The molecule has 4 rings (SSSR count). The fraction of sp³-hybridized carbons (Fsp3) is 0.400. The maximum Gasteiger partial charge on any atom is 0.319 e. The number of hydrogen-bond donors (Lipinski definition) is 2. The highest BCUT2D eigenvalue weighted by Gasteiger charge is 2.38. The average molecular weight is 447 g/mol. The number of ether oxygens (including phenoxy) is 1. The Labute approximate surface area is 194 Å². The number of aryl methyl sites for hydroxylation is 1. The van der Waals surface area contributed by atoms with Gasteiger partial charge in [0.05, 0.1) is 18.2 Å². The number of urea groups is 1. The molecule has 0 radical (unpaired) electrons. The summed E-state index contributed by atoms with van der Waals surface area (Å²) in [5.74, 6) is 1.37. The van der Waals surface area contributed by atoms with Crippen molar-refractivity contribution in [1.82, 2.24) is 15.2 Å². The fourth-order valence-corrected chi connectivity index (χ4v) is 4.50. The number of hydrogen-bond acceptors (Lipinski definition) is 6. The van der Waals surface area contributed by atoms with Crippen molar-refractivity contribution in [3.63, 3.8) is 0 Å². The summed E-state index contributed by atoms with van der Waals surface area (Å²) >= 11 is 0. The van der Waals surface area contributed by atoms with Crippen LogP contribution in [0.1, 0.15) is 41.0 Å². The summed E-state index contributed by atoms with van der Waals surface area (Å²) in [5.41, 5.74) is 4.71. The zero-order valence-corrected chi connectivity index (χ0v) is 19.3. The van der Waals surface area contributed by atoms with Crippen LogP contribution in [0.5, 0.6) is 0 Å². The van der Waals surface area contributed by atoms with Crippen LogP contribution in [0.15, 0.2) is 47.6 Å². The second-order valence-electron chi connectivity index (χ2n) is 8.53. The number of anilines is 1. The molecule has 2 aromatic carbocycles. The Balaban J connectivity index is 1.47. The quantitative estimate of drug-likeness (QED) is 0.663. The molecule has 2 aromatic rings. The van der Waals surface area contributed by atoms with E-state index < -0.39 is 0 Å². The van der Waals surface area contributed by atoms with Gasteiger partial charge in [0.2, 0.25) is 0 Å². The first kappa shape index (κ1) is 22.6. The van der Waals surface area contributed by atoms with Gasteiger partial charge in [-0.2, -0.15) is 10.4 Å². The number of carbonyl (C=O) groups excluding carboxylic acids is 1. The summed E-state index contributed by atoms with van der Waals surface area (Å²) in [7, 11) is 3.62. The number of amides is 2. The van der Waals surface area contributed by atoms with E-state index in [0.717, 1.165) is 42.0 Å². The molecule has 172 valence electrons. The van der Waals surface area contributed by atoms with Crippen LogP contribution in [0.25, 0.3) is 0 Å². The third-order valence-corrected chi connectivity index (χ3v) is 6.38. The van der Waals surface area contributed by atoms with Crippen molar-refractivity contribution >= 4 is 17.6 Å². The molecule has 2 aliphatic heterocycles. The molecular weight excluding hydrogens is 416 g/mol. The van der Waals surface area contributed by atoms with Gasteiger partial charge in [0.1, 0.15) is 6.17 Å². The van der Waals surface area contributed by atoms with E-state index in [9.17, 15) is 4.79 Å². The highest BCUT2D eigenvalue weighted by molar-refractivity contribution is 6.01. The second kappa shape index (κ2) is 9.92. The molecule has 0 aliphatic carbocycles. The van der Waals surface area contributed by atoms with E-state index in [4.69, 9.17) is 15.1 Å². The Morgan fingerprint density at radius 1 is 1.27 bits per heavy atom. The van der Waals surface area contributed by atoms with E-state index in [0.29, 0.717) is 24.6 Å². The van der Waals surface area contributed by atoms with Gasteiger partial charge in [-0.1, -0.05) is 24.3 Å². The van der Waals surface area contributed by atoms with Gasteiger partial charge in [0.15, 0.2) is 5.84 Å². The molecular formula is C25H30N6O2. The molecule has 1 fully saturated rings. The predicted molar refractivity (Wildman–Crippen MR) is 128 cm³/mol. The van der Waals surface area contributed by atoms with Crippen molar-refractivity contribution in [3.05, 3.63) is 64.7 Å². The van der Waals surface area contributed by atoms with Gasteiger partial charge in [0.25, 0.3) is 0 Å². The molecule has 2 heterocycles. The van der Waals surface area contributed by atoms with E-state index in [-0.39, 0.29) is 12.2 Å². The second-order valence-corrected chi connectivity index (χ2v) is 8.53. The van der Waals surface area contributed by atoms with Gasteiger partial charge >= 0.3 is 6.03 Å². The Morgan fingerprint density at radius 3 is 2.79 bits per heavy atom. The molecule has 2 unspecified atom stereocenters. The minimum atomic E-state index is -0.251. The largest absolute Gasteiger partial charge is 0.383 e. The van der Waals surface area contributed by atoms with Gasteiger partial charge in [-0.15, -0.1) is 0 Å². The lowest BCUT2D eigenvalue weighted by atomic mass is 9.87. The van der Waals surface area contributed by atoms with E-state index >= 15 is 0 Å². The van der Waals surface area contributed by atoms with Crippen LogP contribution in [0.3, 0.4) is 0 Å². The standard InChI is InChI=1S/C25H30N6O2/c1-17-4-7-21(14-22(17)28-25(32)27-11-13-33-3)24-29-30(2)23-15-20(10-12-31(23)24)19-8-5-18(16-26)6-9-19/h4-9,14,20,23H,10-13,15H2,1-3H3,(H2,27,28,32). The third-order valence-electron chi connectivity index (χ3n) is 6.38. The van der Waals surface area contributed by atoms with Gasteiger partial charge < -0.3 is 20.3 Å². The van der Waals surface area contributed by atoms with Crippen molar-refractivity contribution in [2.75, 3.05) is 39.2 Å². The Morgan fingerprint density at radius 2 is 2.06 bits per heavy atom. The Hall–Kier alpha value is -3.57. The molecule has 8 nitrogen and oxygen atoms in total. The number of carbonyl (C=O) groups is 1. The number of hydrazone groups is 1. The predicted octanol–water partition coefficient (Wildman–Crippen LogP) is 3.45. The molecule has 0 aromatic heterocycles. The van der Waals surface area contributed by atoms with Gasteiger partial charge in [-0.25, -0.2) is 4.79 Å². The van der Waals surface area contributed by atoms with Crippen molar-refractivity contribution in [1.29, 1.82) is 5.26 Å². The topological polar surface area (TPSA) is 93.0 Å². The summed E-state index contributed by atoms with van der Waals surface area (Å²) in [6.07, 6.45) is 2.17. The minimum absolute atomic E-state index is 0.185. The first-order valence-corrected chi connectivity index (χ1v) is 11.2. The van der Waals surface area contributed by atoms with Gasteiger partial charge in [-0.3, -0.25) is 5.01 Å². The molecule has 1 saturated heterocycles. The number of rotatable bonds is 6. The molecule has 2 aliphatic rings. The maximum atomic E-state index is 12.2. The van der Waals surface area contributed by atoms with Crippen LogP contribution in [-0.2, 0) is 4.74 Å². The van der Waals surface area contributed by atoms with Crippen LogP contribution in [-0.4, -0.2) is 61.8 Å². The lowest BCUT2D eigenvalue weighted by molar-refractivity contribution is 0.108. The third kappa shape index (κ3) is 4.94. The van der Waals surface area contributed by atoms with Gasteiger partial charge in [0, 0.05) is 38.5 Å². The molecule has 2 atom stereocenters. The number of piperidine rings is 1. The van der Waals surface area contributed by atoms with E-state index in [2.05, 4.69) is 39.8 Å². The number of fused-ring (bicyclic) bond motifs is 1. The molecule has 0 spiro atoms. The monoisotopic (exact) mass is 446 g/mol. The first-order valence-electron chi connectivity index (χ1n) is 11.2. The number of amidine groups is 1. The lowest BCUT2D eigenvalue weighted by Gasteiger charge is -2.38. The van der Waals surface area contributed by atoms with E-state index in [1.54, 1.807) is 7.11 Å². The molecule has 0 bridgehead atoms. The molecule has 8 heteroatoms. The zero-order chi connectivity index (χ0) is 23.4. The number of nitrogens with one attached hydrogen (secondary N) is 2. The maximum absolute atomic E-state index is 12.2. The molecule has 0 saturated carbocycles. The number of benzene rings is 2. The van der Waals surface area contributed by atoms with Crippen LogP contribution in [0.4, 0.5) is 10.5 Å². The summed E-state index contributed by atoms with van der Waals surface area (Å²) in [6.45, 7) is 3.79. The van der Waals surface area contributed by atoms with Crippen molar-refractivity contribution in [2.45, 2.75) is 31.8 Å². The summed E-state index contributed by atoms with van der Waals surface area (Å²) in [5, 5.41) is 21.7. The van der Waals surface area contributed by atoms with Gasteiger partial charge in [-0.05, 0) is 55.0 Å². The first-order chi connectivity index (χ1) is 16.0. The lowest BCUT2D eigenvalue weighted by Crippen LogP contribution is -2.46. The Bertz CT molecular complexity index is 1080. The minimum Gasteiger partial charge on any atom is -0.383 e. The van der Waals surface area contributed by atoms with Crippen molar-refractivity contribution in [3.8, 4) is 6.07 Å². The highest BCUT2D eigenvalue weighted by Crippen LogP contribution is 2.36. The van der Waals surface area contributed by atoms with E-state index in [1.807, 2.05) is 43.2 Å². The fourth-order valence-electron chi connectivity index (χ4n) is 4.50. The molecule has 33 heavy (non-hydrogen) atoms. The van der Waals surface area contributed by atoms with Crippen molar-refractivity contribution < 1.29 is 9.53 Å². The highest BCUT2D eigenvalue weighted by atomic mass is 16.5. The smallest absolute Gasteiger partial charge is 0.319 e. The van der Waals surface area contributed by atoms with Crippen molar-refractivity contribution in [2.24, 2.45) is 5.10 Å². The Kier molecular flexibility index (Phi) is 6.80. The number of nitrogens with zero attached hydrogens (tertiary/aromatic N) is 4. The van der Waals surface area contributed by atoms with Crippen LogP contribution < -0.4 is 10.6 Å². The van der Waals surface area contributed by atoms with Crippen LogP contribution in [0.2, 0.25) is 0 Å². The number of nitriles is 1. The summed E-state index contributed by atoms with van der Waals surface area (Å²) in [6, 6.07) is 15.9. The number of methoxy groups -OCH3 is 1. The summed E-state index contributed by atoms with van der Waals surface area (Å²) in [4.78, 5) is 14.6. The molecule has 2 amide bonds.